The topological polar surface area (TPSA) is 66.4 Å². The number of benzene rings is 1. The number of rotatable bonds is 5. The summed E-state index contributed by atoms with van der Waals surface area (Å²) >= 11 is 11.8. The third kappa shape index (κ3) is 3.87. The number of hydrogen-bond donors (Lipinski definition) is 2. The lowest BCUT2D eigenvalue weighted by atomic mass is 9.80. The zero-order chi connectivity index (χ0) is 14.7. The molecule has 0 atom stereocenters. The lowest BCUT2D eigenvalue weighted by Gasteiger charge is -2.32. The van der Waals surface area contributed by atoms with Crippen molar-refractivity contribution in [3.63, 3.8) is 0 Å². The summed E-state index contributed by atoms with van der Waals surface area (Å²) in [6.45, 7) is 0. The molecule has 1 aliphatic carbocycles. The standard InChI is InChI=1S/C14H15Cl2NO3/c15-10-3-1-8(12(16)7-10)2-4-13(18)17-11-5-9(6-11)14(19)20/h1,3,7,9,11H,2,4-6H2,(H,17,18)(H,19,20). The number of aryl methyl sites for hydroxylation is 1. The Morgan fingerprint density at radius 2 is 2.00 bits per heavy atom. The minimum Gasteiger partial charge on any atom is -0.481 e. The molecule has 108 valence electrons. The quantitative estimate of drug-likeness (QED) is 0.878. The van der Waals surface area contributed by atoms with E-state index in [9.17, 15) is 9.59 Å². The van der Waals surface area contributed by atoms with Crippen LogP contribution in [0.5, 0.6) is 0 Å². The molecule has 0 heterocycles. The fourth-order valence-corrected chi connectivity index (χ4v) is 2.71. The molecular weight excluding hydrogens is 301 g/mol. The van der Waals surface area contributed by atoms with Crippen molar-refractivity contribution in [1.29, 1.82) is 0 Å². The number of hydrogen-bond acceptors (Lipinski definition) is 2. The minimum atomic E-state index is -0.788. The van der Waals surface area contributed by atoms with E-state index >= 15 is 0 Å². The van der Waals surface area contributed by atoms with Crippen LogP contribution < -0.4 is 5.32 Å². The first kappa shape index (κ1) is 15.1. The van der Waals surface area contributed by atoms with E-state index in [0.717, 1.165) is 5.56 Å². The molecular formula is C14H15Cl2NO3. The van der Waals surface area contributed by atoms with Crippen LogP contribution in [-0.4, -0.2) is 23.0 Å². The third-order valence-electron chi connectivity index (χ3n) is 3.49. The smallest absolute Gasteiger partial charge is 0.306 e. The summed E-state index contributed by atoms with van der Waals surface area (Å²) in [5, 5.41) is 12.7. The number of carbonyl (C=O) groups excluding carboxylic acids is 1. The summed E-state index contributed by atoms with van der Waals surface area (Å²) in [6, 6.07) is 5.19. The highest BCUT2D eigenvalue weighted by atomic mass is 35.5. The van der Waals surface area contributed by atoms with Gasteiger partial charge in [0, 0.05) is 22.5 Å². The molecule has 1 fully saturated rings. The van der Waals surface area contributed by atoms with Gasteiger partial charge in [-0.15, -0.1) is 0 Å². The molecule has 0 spiro atoms. The van der Waals surface area contributed by atoms with E-state index in [4.69, 9.17) is 28.3 Å². The van der Waals surface area contributed by atoms with Gasteiger partial charge in [-0.1, -0.05) is 29.3 Å². The zero-order valence-electron chi connectivity index (χ0n) is 10.7. The second-order valence-corrected chi connectivity index (χ2v) is 5.85. The first-order valence-corrected chi connectivity index (χ1v) is 7.17. The second kappa shape index (κ2) is 6.46. The van der Waals surface area contributed by atoms with Crippen LogP contribution in [0.2, 0.25) is 10.0 Å². The van der Waals surface area contributed by atoms with Crippen LogP contribution in [0, 0.1) is 5.92 Å². The monoisotopic (exact) mass is 315 g/mol. The molecule has 1 aromatic rings. The average Bonchev–Trinajstić information content (AvgIpc) is 2.31. The Balaban J connectivity index is 1.74. The van der Waals surface area contributed by atoms with Crippen molar-refractivity contribution < 1.29 is 14.7 Å². The van der Waals surface area contributed by atoms with Gasteiger partial charge in [0.25, 0.3) is 0 Å². The van der Waals surface area contributed by atoms with Crippen molar-refractivity contribution in [3.05, 3.63) is 33.8 Å². The highest BCUT2D eigenvalue weighted by molar-refractivity contribution is 6.35. The highest BCUT2D eigenvalue weighted by Gasteiger charge is 2.35. The van der Waals surface area contributed by atoms with Gasteiger partial charge in [0.1, 0.15) is 0 Å². The van der Waals surface area contributed by atoms with Gasteiger partial charge in [-0.05, 0) is 37.0 Å². The second-order valence-electron chi connectivity index (χ2n) is 5.01. The van der Waals surface area contributed by atoms with Gasteiger partial charge in [0.2, 0.25) is 5.91 Å². The average molecular weight is 316 g/mol. The van der Waals surface area contributed by atoms with Crippen molar-refractivity contribution in [2.45, 2.75) is 31.7 Å². The van der Waals surface area contributed by atoms with E-state index in [1.807, 2.05) is 6.07 Å². The van der Waals surface area contributed by atoms with Crippen LogP contribution >= 0.6 is 23.2 Å². The SMILES string of the molecule is O=C(CCc1ccc(Cl)cc1Cl)NC1CC(C(=O)O)C1. The maximum absolute atomic E-state index is 11.7. The maximum Gasteiger partial charge on any atom is 0.306 e. The molecule has 0 aliphatic heterocycles. The lowest BCUT2D eigenvalue weighted by Crippen LogP contribution is -2.46. The van der Waals surface area contributed by atoms with Crippen LogP contribution in [0.4, 0.5) is 0 Å². The van der Waals surface area contributed by atoms with Gasteiger partial charge >= 0.3 is 5.97 Å². The molecule has 0 aromatic heterocycles. The van der Waals surface area contributed by atoms with Crippen molar-refractivity contribution in [2.75, 3.05) is 0 Å². The van der Waals surface area contributed by atoms with Gasteiger partial charge in [-0.25, -0.2) is 0 Å². The van der Waals surface area contributed by atoms with Crippen molar-refractivity contribution in [3.8, 4) is 0 Å². The van der Waals surface area contributed by atoms with Gasteiger partial charge < -0.3 is 10.4 Å². The van der Waals surface area contributed by atoms with Crippen molar-refractivity contribution >= 4 is 35.1 Å². The van der Waals surface area contributed by atoms with Crippen LogP contribution in [0.1, 0.15) is 24.8 Å². The Hall–Kier alpha value is -1.26. The van der Waals surface area contributed by atoms with Crippen LogP contribution in [-0.2, 0) is 16.0 Å². The molecule has 2 N–H and O–H groups in total. The first-order chi connectivity index (χ1) is 9.45. The summed E-state index contributed by atoms with van der Waals surface area (Å²) in [7, 11) is 0. The summed E-state index contributed by atoms with van der Waals surface area (Å²) < 4.78 is 0. The van der Waals surface area contributed by atoms with Crippen LogP contribution in [0.25, 0.3) is 0 Å². The minimum absolute atomic E-state index is 0.00992. The predicted octanol–water partition coefficient (Wildman–Crippen LogP) is 2.91. The maximum atomic E-state index is 11.7. The first-order valence-electron chi connectivity index (χ1n) is 6.42. The Labute approximate surface area is 127 Å². The number of halogens is 2. The van der Waals surface area contributed by atoms with E-state index in [0.29, 0.717) is 35.7 Å². The molecule has 0 saturated heterocycles. The van der Waals surface area contributed by atoms with E-state index < -0.39 is 5.97 Å². The van der Waals surface area contributed by atoms with E-state index in [1.165, 1.54) is 0 Å². The molecule has 1 saturated carbocycles. The summed E-state index contributed by atoms with van der Waals surface area (Å²) in [5.41, 5.74) is 0.878. The Kier molecular flexibility index (Phi) is 4.89. The van der Waals surface area contributed by atoms with E-state index in [1.54, 1.807) is 12.1 Å². The van der Waals surface area contributed by atoms with E-state index in [-0.39, 0.29) is 17.9 Å². The van der Waals surface area contributed by atoms with Gasteiger partial charge in [-0.2, -0.15) is 0 Å². The van der Waals surface area contributed by atoms with Crippen LogP contribution in [0.3, 0.4) is 0 Å². The molecule has 1 aromatic carbocycles. The van der Waals surface area contributed by atoms with E-state index in [2.05, 4.69) is 5.32 Å². The van der Waals surface area contributed by atoms with Crippen molar-refractivity contribution in [1.82, 2.24) is 5.32 Å². The number of carboxylic acids is 1. The lowest BCUT2D eigenvalue weighted by molar-refractivity contribution is -0.146. The summed E-state index contributed by atoms with van der Waals surface area (Å²) in [5.74, 6) is -1.18. The van der Waals surface area contributed by atoms with Gasteiger partial charge in [0.15, 0.2) is 0 Å². The number of amides is 1. The van der Waals surface area contributed by atoms with Crippen molar-refractivity contribution in [2.24, 2.45) is 5.92 Å². The predicted molar refractivity (Wildman–Crippen MR) is 77.1 cm³/mol. The Morgan fingerprint density at radius 3 is 2.60 bits per heavy atom. The number of aliphatic carboxylic acids is 1. The molecule has 0 radical (unpaired) electrons. The fraction of sp³-hybridized carbons (Fsp3) is 0.429. The van der Waals surface area contributed by atoms with Gasteiger partial charge in [0.05, 0.1) is 5.92 Å². The molecule has 1 aliphatic rings. The zero-order valence-corrected chi connectivity index (χ0v) is 12.2. The summed E-state index contributed by atoms with van der Waals surface area (Å²) in [4.78, 5) is 22.4. The normalized spacial score (nSPS) is 21.1. The molecule has 1 amide bonds. The molecule has 6 heteroatoms. The molecule has 0 bridgehead atoms. The molecule has 4 nitrogen and oxygen atoms in total. The fourth-order valence-electron chi connectivity index (χ4n) is 2.21. The highest BCUT2D eigenvalue weighted by Crippen LogP contribution is 2.27. The molecule has 2 rings (SSSR count). The van der Waals surface area contributed by atoms with Gasteiger partial charge in [-0.3, -0.25) is 9.59 Å². The Bertz CT molecular complexity index is 527. The largest absolute Gasteiger partial charge is 0.481 e. The number of nitrogens with one attached hydrogen (secondary N) is 1. The molecule has 0 unspecified atom stereocenters. The Morgan fingerprint density at radius 1 is 1.30 bits per heavy atom. The number of carbonyl (C=O) groups is 2. The molecule has 20 heavy (non-hydrogen) atoms. The summed E-state index contributed by atoms with van der Waals surface area (Å²) in [6.07, 6.45) is 1.90. The van der Waals surface area contributed by atoms with Crippen LogP contribution in [0.15, 0.2) is 18.2 Å². The third-order valence-corrected chi connectivity index (χ3v) is 4.08. The number of carboxylic acid groups (broad SMARTS) is 1.